The summed E-state index contributed by atoms with van der Waals surface area (Å²) in [5.74, 6) is 1.14. The topological polar surface area (TPSA) is 26.3 Å². The minimum absolute atomic E-state index is 0.0260. The molecule has 1 heterocycles. The summed E-state index contributed by atoms with van der Waals surface area (Å²) in [5, 5.41) is 0.0743. The lowest BCUT2D eigenvalue weighted by Crippen LogP contribution is -2.20. The van der Waals surface area contributed by atoms with Gasteiger partial charge in [-0.05, 0) is 19.8 Å². The van der Waals surface area contributed by atoms with Crippen molar-refractivity contribution in [3.8, 4) is 0 Å². The van der Waals surface area contributed by atoms with Crippen molar-refractivity contribution in [1.82, 2.24) is 0 Å². The zero-order chi connectivity index (χ0) is 9.52. The largest absolute Gasteiger partial charge is 0.465 e. The Balaban J connectivity index is 2.32. The number of rotatable bonds is 2. The van der Waals surface area contributed by atoms with Crippen LogP contribution in [0.15, 0.2) is 0 Å². The molecule has 0 aromatic rings. The van der Waals surface area contributed by atoms with Gasteiger partial charge in [0.15, 0.2) is 0 Å². The molecule has 0 aromatic heterocycles. The van der Waals surface area contributed by atoms with E-state index in [2.05, 4.69) is 0 Å². The summed E-state index contributed by atoms with van der Waals surface area (Å²) in [5.41, 5.74) is 0. The minimum Gasteiger partial charge on any atom is -0.465 e. The van der Waals surface area contributed by atoms with Crippen molar-refractivity contribution in [1.29, 1.82) is 0 Å². The number of hydrogen-bond acceptors (Lipinski definition) is 4. The molecule has 76 valence electrons. The van der Waals surface area contributed by atoms with E-state index in [4.69, 9.17) is 4.74 Å². The monoisotopic (exact) mass is 220 g/mol. The molecule has 1 saturated heterocycles. The van der Waals surface area contributed by atoms with E-state index in [0.717, 1.165) is 12.8 Å². The molecule has 1 unspecified atom stereocenters. The highest BCUT2D eigenvalue weighted by Crippen LogP contribution is 2.33. The van der Waals surface area contributed by atoms with Crippen molar-refractivity contribution < 1.29 is 9.53 Å². The molecule has 0 radical (unpaired) electrons. The first-order valence-corrected chi connectivity index (χ1v) is 7.17. The smallest absolute Gasteiger partial charge is 0.319 e. The van der Waals surface area contributed by atoms with E-state index >= 15 is 0 Å². The molecule has 0 amide bonds. The van der Waals surface area contributed by atoms with Crippen LogP contribution in [0.5, 0.6) is 0 Å². The molecule has 1 atom stereocenters. The van der Waals surface area contributed by atoms with Crippen LogP contribution in [0.4, 0.5) is 0 Å². The van der Waals surface area contributed by atoms with E-state index in [1.807, 2.05) is 17.7 Å². The van der Waals surface area contributed by atoms with Crippen molar-refractivity contribution in [2.75, 3.05) is 12.4 Å². The van der Waals surface area contributed by atoms with Gasteiger partial charge in [-0.25, -0.2) is 0 Å². The average molecular weight is 220 g/mol. The molecule has 2 nitrogen and oxygen atoms in total. The molecule has 4 heteroatoms. The third-order valence-corrected chi connectivity index (χ3v) is 4.78. The molecule has 1 rings (SSSR count). The molecule has 0 saturated carbocycles. The van der Waals surface area contributed by atoms with Gasteiger partial charge in [-0.2, -0.15) is 0 Å². The van der Waals surface area contributed by atoms with E-state index in [-0.39, 0.29) is 11.2 Å². The summed E-state index contributed by atoms with van der Waals surface area (Å²) in [6, 6.07) is 0. The van der Waals surface area contributed by atoms with Crippen LogP contribution in [0, 0.1) is 0 Å². The van der Waals surface area contributed by atoms with E-state index in [0.29, 0.717) is 6.61 Å². The molecule has 0 aromatic carbocycles. The van der Waals surface area contributed by atoms with Crippen LogP contribution >= 0.6 is 21.6 Å². The predicted octanol–water partition coefficient (Wildman–Crippen LogP) is 2.87. The van der Waals surface area contributed by atoms with Crippen LogP contribution in [0.25, 0.3) is 0 Å². The SMILES string of the molecule is CCOC(=O)C1CCCCCSS1. The maximum absolute atomic E-state index is 11.4. The Kier molecular flexibility index (Phi) is 5.71. The number of carbonyl (C=O) groups is 1. The van der Waals surface area contributed by atoms with Crippen LogP contribution < -0.4 is 0 Å². The first-order valence-electron chi connectivity index (χ1n) is 4.79. The van der Waals surface area contributed by atoms with Gasteiger partial charge >= 0.3 is 5.97 Å². The summed E-state index contributed by atoms with van der Waals surface area (Å²) in [6.07, 6.45) is 4.68. The van der Waals surface area contributed by atoms with Crippen molar-refractivity contribution in [3.63, 3.8) is 0 Å². The van der Waals surface area contributed by atoms with Crippen LogP contribution in [-0.2, 0) is 9.53 Å². The molecule has 0 spiro atoms. The fourth-order valence-corrected chi connectivity index (χ4v) is 3.89. The van der Waals surface area contributed by atoms with Gasteiger partial charge in [0, 0.05) is 5.75 Å². The Morgan fingerprint density at radius 2 is 2.31 bits per heavy atom. The molecule has 0 aliphatic carbocycles. The lowest BCUT2D eigenvalue weighted by molar-refractivity contribution is -0.142. The number of hydrogen-bond donors (Lipinski definition) is 0. The van der Waals surface area contributed by atoms with Gasteiger partial charge in [-0.15, -0.1) is 0 Å². The number of carbonyl (C=O) groups excluding carboxylic acids is 1. The Morgan fingerprint density at radius 1 is 1.46 bits per heavy atom. The van der Waals surface area contributed by atoms with E-state index in [1.165, 1.54) is 18.6 Å². The normalized spacial score (nSPS) is 24.5. The van der Waals surface area contributed by atoms with Gasteiger partial charge < -0.3 is 4.74 Å². The lowest BCUT2D eigenvalue weighted by Gasteiger charge is -2.16. The molecular formula is C9H16O2S2. The Labute approximate surface area is 87.6 Å². The molecule has 13 heavy (non-hydrogen) atoms. The van der Waals surface area contributed by atoms with Gasteiger partial charge in [-0.1, -0.05) is 34.4 Å². The van der Waals surface area contributed by atoms with Crippen LogP contribution in [0.3, 0.4) is 0 Å². The predicted molar refractivity (Wildman–Crippen MR) is 58.9 cm³/mol. The summed E-state index contributed by atoms with van der Waals surface area (Å²) in [6.45, 7) is 2.36. The number of ether oxygens (including phenoxy) is 1. The standard InChI is InChI=1S/C9H16O2S2/c1-2-11-9(10)8-6-4-3-5-7-12-13-8/h8H,2-7H2,1H3. The van der Waals surface area contributed by atoms with Gasteiger partial charge in [0.25, 0.3) is 0 Å². The van der Waals surface area contributed by atoms with Gasteiger partial charge in [0.2, 0.25) is 0 Å². The molecular weight excluding hydrogens is 204 g/mol. The molecule has 0 N–H and O–H groups in total. The van der Waals surface area contributed by atoms with Gasteiger partial charge in [-0.3, -0.25) is 4.79 Å². The maximum Gasteiger partial charge on any atom is 0.319 e. The van der Waals surface area contributed by atoms with Crippen molar-refractivity contribution in [3.05, 3.63) is 0 Å². The van der Waals surface area contributed by atoms with Gasteiger partial charge in [0.05, 0.1) is 6.61 Å². The second-order valence-corrected chi connectivity index (χ2v) is 5.70. The zero-order valence-corrected chi connectivity index (χ0v) is 9.59. The van der Waals surface area contributed by atoms with E-state index in [9.17, 15) is 4.79 Å². The molecule has 1 aliphatic heterocycles. The first kappa shape index (κ1) is 11.2. The summed E-state index contributed by atoms with van der Waals surface area (Å²) < 4.78 is 5.00. The van der Waals surface area contributed by atoms with Gasteiger partial charge in [0.1, 0.15) is 5.25 Å². The fourth-order valence-electron chi connectivity index (χ4n) is 1.24. The molecule has 1 aliphatic rings. The van der Waals surface area contributed by atoms with Crippen molar-refractivity contribution in [2.24, 2.45) is 0 Å². The number of esters is 1. The quantitative estimate of drug-likeness (QED) is 0.528. The van der Waals surface area contributed by atoms with Crippen LogP contribution in [-0.4, -0.2) is 23.6 Å². The molecule has 0 bridgehead atoms. The van der Waals surface area contributed by atoms with Crippen LogP contribution in [0.2, 0.25) is 0 Å². The fraction of sp³-hybridized carbons (Fsp3) is 0.889. The highest BCUT2D eigenvalue weighted by Gasteiger charge is 2.21. The highest BCUT2D eigenvalue weighted by atomic mass is 33.1. The average Bonchev–Trinajstić information content (AvgIpc) is 2.03. The van der Waals surface area contributed by atoms with Crippen molar-refractivity contribution >= 4 is 27.6 Å². The third-order valence-electron chi connectivity index (χ3n) is 1.93. The lowest BCUT2D eigenvalue weighted by atomic mass is 10.1. The minimum atomic E-state index is -0.0260. The summed E-state index contributed by atoms with van der Waals surface area (Å²) >= 11 is 0. The van der Waals surface area contributed by atoms with E-state index in [1.54, 1.807) is 10.8 Å². The summed E-state index contributed by atoms with van der Waals surface area (Å²) in [7, 11) is 3.49. The second kappa shape index (κ2) is 6.60. The molecule has 1 fully saturated rings. The van der Waals surface area contributed by atoms with E-state index < -0.39 is 0 Å². The zero-order valence-electron chi connectivity index (χ0n) is 7.95. The first-order chi connectivity index (χ1) is 6.34. The summed E-state index contributed by atoms with van der Waals surface area (Å²) in [4.78, 5) is 11.4. The van der Waals surface area contributed by atoms with Crippen molar-refractivity contribution in [2.45, 2.75) is 37.9 Å². The second-order valence-electron chi connectivity index (χ2n) is 3.01. The third kappa shape index (κ3) is 4.27. The Bertz CT molecular complexity index is 154. The maximum atomic E-state index is 11.4. The highest BCUT2D eigenvalue weighted by molar-refractivity contribution is 8.77. The Morgan fingerprint density at radius 3 is 3.08 bits per heavy atom. The van der Waals surface area contributed by atoms with Crippen LogP contribution in [0.1, 0.15) is 32.6 Å². The Hall–Kier alpha value is 0.170.